The van der Waals surface area contributed by atoms with Crippen molar-refractivity contribution in [1.82, 2.24) is 0 Å². The SMILES string of the molecule is CC(=O)Oc1ccc(C(C)(C)C)c(C(C)(C)C)c1. The average molecular weight is 248 g/mol. The summed E-state index contributed by atoms with van der Waals surface area (Å²) in [6.07, 6.45) is 0. The summed E-state index contributed by atoms with van der Waals surface area (Å²) < 4.78 is 5.18. The van der Waals surface area contributed by atoms with Gasteiger partial charge < -0.3 is 4.74 Å². The van der Waals surface area contributed by atoms with Gasteiger partial charge in [-0.2, -0.15) is 0 Å². The van der Waals surface area contributed by atoms with Gasteiger partial charge in [0.2, 0.25) is 0 Å². The van der Waals surface area contributed by atoms with Crippen LogP contribution in [-0.2, 0) is 15.6 Å². The third kappa shape index (κ3) is 3.59. The van der Waals surface area contributed by atoms with Crippen LogP contribution < -0.4 is 4.74 Å². The van der Waals surface area contributed by atoms with E-state index in [2.05, 4.69) is 47.6 Å². The predicted molar refractivity (Wildman–Crippen MR) is 75.2 cm³/mol. The van der Waals surface area contributed by atoms with E-state index in [1.54, 1.807) is 0 Å². The van der Waals surface area contributed by atoms with Crippen molar-refractivity contribution >= 4 is 5.97 Å². The molecule has 2 heteroatoms. The second kappa shape index (κ2) is 4.75. The number of hydrogen-bond donors (Lipinski definition) is 0. The molecule has 0 aliphatic carbocycles. The number of carbonyl (C=O) groups excluding carboxylic acids is 1. The zero-order valence-electron chi connectivity index (χ0n) is 12.5. The van der Waals surface area contributed by atoms with Crippen LogP contribution in [0.15, 0.2) is 18.2 Å². The molecule has 0 aliphatic rings. The Hall–Kier alpha value is -1.31. The minimum absolute atomic E-state index is 0.0266. The topological polar surface area (TPSA) is 26.3 Å². The molecule has 0 amide bonds. The summed E-state index contributed by atoms with van der Waals surface area (Å²) in [6.45, 7) is 14.5. The van der Waals surface area contributed by atoms with Crippen LogP contribution in [0.4, 0.5) is 0 Å². The minimum atomic E-state index is -0.279. The van der Waals surface area contributed by atoms with Gasteiger partial charge in [-0.15, -0.1) is 0 Å². The number of benzene rings is 1. The molecule has 0 N–H and O–H groups in total. The van der Waals surface area contributed by atoms with Gasteiger partial charge in [-0.1, -0.05) is 47.6 Å². The van der Waals surface area contributed by atoms with E-state index in [9.17, 15) is 4.79 Å². The number of rotatable bonds is 1. The Bertz CT molecular complexity index is 445. The van der Waals surface area contributed by atoms with Crippen molar-refractivity contribution in [3.63, 3.8) is 0 Å². The number of esters is 1. The van der Waals surface area contributed by atoms with Crippen molar-refractivity contribution in [3.05, 3.63) is 29.3 Å². The first-order valence-electron chi connectivity index (χ1n) is 6.35. The second-order valence-corrected chi connectivity index (χ2v) is 6.80. The van der Waals surface area contributed by atoms with Gasteiger partial charge in [0.1, 0.15) is 5.75 Å². The molecule has 18 heavy (non-hydrogen) atoms. The van der Waals surface area contributed by atoms with Crippen LogP contribution in [0.5, 0.6) is 5.75 Å². The lowest BCUT2D eigenvalue weighted by Crippen LogP contribution is -2.22. The summed E-state index contributed by atoms with van der Waals surface area (Å²) >= 11 is 0. The molecule has 0 unspecified atom stereocenters. The molecule has 0 spiro atoms. The summed E-state index contributed by atoms with van der Waals surface area (Å²) in [5, 5.41) is 0. The second-order valence-electron chi connectivity index (χ2n) is 6.80. The van der Waals surface area contributed by atoms with E-state index in [1.165, 1.54) is 18.1 Å². The smallest absolute Gasteiger partial charge is 0.308 e. The number of hydrogen-bond acceptors (Lipinski definition) is 2. The van der Waals surface area contributed by atoms with Gasteiger partial charge in [-0.25, -0.2) is 0 Å². The fourth-order valence-corrected chi connectivity index (χ4v) is 2.03. The van der Waals surface area contributed by atoms with E-state index >= 15 is 0 Å². The molecule has 100 valence electrons. The van der Waals surface area contributed by atoms with Gasteiger partial charge in [0.15, 0.2) is 0 Å². The fourth-order valence-electron chi connectivity index (χ4n) is 2.03. The molecular weight excluding hydrogens is 224 g/mol. The first-order chi connectivity index (χ1) is 8.01. The summed E-state index contributed by atoms with van der Waals surface area (Å²) in [4.78, 5) is 11.0. The van der Waals surface area contributed by atoms with E-state index in [1.807, 2.05) is 12.1 Å². The Kier molecular flexibility index (Phi) is 3.89. The summed E-state index contributed by atoms with van der Waals surface area (Å²) in [5.41, 5.74) is 2.63. The molecule has 0 atom stereocenters. The summed E-state index contributed by atoms with van der Waals surface area (Å²) in [6, 6.07) is 5.93. The maximum absolute atomic E-state index is 11.0. The van der Waals surface area contributed by atoms with Crippen molar-refractivity contribution in [1.29, 1.82) is 0 Å². The molecule has 0 radical (unpaired) electrons. The predicted octanol–water partition coefficient (Wildman–Crippen LogP) is 4.21. The Morgan fingerprint density at radius 2 is 1.44 bits per heavy atom. The first-order valence-corrected chi connectivity index (χ1v) is 6.35. The van der Waals surface area contributed by atoms with Gasteiger partial charge in [-0.05, 0) is 34.1 Å². The maximum Gasteiger partial charge on any atom is 0.308 e. The van der Waals surface area contributed by atoms with Crippen molar-refractivity contribution in [2.24, 2.45) is 0 Å². The molecule has 0 heterocycles. The molecule has 1 aromatic rings. The molecule has 0 saturated heterocycles. The molecule has 0 aromatic heterocycles. The highest BCUT2D eigenvalue weighted by Crippen LogP contribution is 2.36. The molecule has 0 fully saturated rings. The van der Waals surface area contributed by atoms with Gasteiger partial charge in [-0.3, -0.25) is 4.79 Å². The number of ether oxygens (including phenoxy) is 1. The molecule has 1 rings (SSSR count). The van der Waals surface area contributed by atoms with Crippen LogP contribution in [-0.4, -0.2) is 5.97 Å². The number of carbonyl (C=O) groups is 1. The lowest BCUT2D eigenvalue weighted by Gasteiger charge is -2.30. The lowest BCUT2D eigenvalue weighted by atomic mass is 9.75. The van der Waals surface area contributed by atoms with Crippen LogP contribution in [0, 0.1) is 0 Å². The molecule has 0 aliphatic heterocycles. The van der Waals surface area contributed by atoms with E-state index in [0.717, 1.165) is 0 Å². The van der Waals surface area contributed by atoms with Crippen LogP contribution in [0.1, 0.15) is 59.6 Å². The van der Waals surface area contributed by atoms with Gasteiger partial charge in [0.05, 0.1) is 0 Å². The lowest BCUT2D eigenvalue weighted by molar-refractivity contribution is -0.131. The highest BCUT2D eigenvalue weighted by Gasteiger charge is 2.25. The van der Waals surface area contributed by atoms with Crippen molar-refractivity contribution in [2.75, 3.05) is 0 Å². The summed E-state index contributed by atoms with van der Waals surface area (Å²) in [5.74, 6) is 0.346. The van der Waals surface area contributed by atoms with Crippen molar-refractivity contribution < 1.29 is 9.53 Å². The monoisotopic (exact) mass is 248 g/mol. The zero-order chi connectivity index (χ0) is 14.1. The minimum Gasteiger partial charge on any atom is -0.427 e. The van der Waals surface area contributed by atoms with Crippen LogP contribution in [0.25, 0.3) is 0 Å². The van der Waals surface area contributed by atoms with E-state index in [4.69, 9.17) is 4.74 Å². The molecule has 1 aromatic carbocycles. The third-order valence-electron chi connectivity index (χ3n) is 2.87. The van der Waals surface area contributed by atoms with E-state index < -0.39 is 0 Å². The standard InChI is InChI=1S/C16H24O2/c1-11(17)18-12-8-9-13(15(2,3)4)14(10-12)16(5,6)7/h8-10H,1-7H3. The third-order valence-corrected chi connectivity index (χ3v) is 2.87. The zero-order valence-corrected chi connectivity index (χ0v) is 12.5. The van der Waals surface area contributed by atoms with Crippen molar-refractivity contribution in [2.45, 2.75) is 59.3 Å². The normalized spacial score (nSPS) is 12.4. The highest BCUT2D eigenvalue weighted by atomic mass is 16.5. The van der Waals surface area contributed by atoms with Crippen LogP contribution in [0.2, 0.25) is 0 Å². The van der Waals surface area contributed by atoms with Gasteiger partial charge >= 0.3 is 5.97 Å². The Balaban J connectivity index is 3.35. The first kappa shape index (κ1) is 14.7. The van der Waals surface area contributed by atoms with Crippen LogP contribution in [0.3, 0.4) is 0 Å². The average Bonchev–Trinajstić information content (AvgIpc) is 2.13. The maximum atomic E-state index is 11.0. The summed E-state index contributed by atoms with van der Waals surface area (Å²) in [7, 11) is 0. The molecule has 0 saturated carbocycles. The Morgan fingerprint density at radius 3 is 1.83 bits per heavy atom. The Morgan fingerprint density at radius 1 is 0.944 bits per heavy atom. The van der Waals surface area contributed by atoms with Gasteiger partial charge in [0, 0.05) is 6.92 Å². The van der Waals surface area contributed by atoms with Crippen LogP contribution >= 0.6 is 0 Å². The fraction of sp³-hybridized carbons (Fsp3) is 0.562. The largest absolute Gasteiger partial charge is 0.427 e. The highest BCUT2D eigenvalue weighted by molar-refractivity contribution is 5.69. The van der Waals surface area contributed by atoms with E-state index in [0.29, 0.717) is 5.75 Å². The molecule has 0 bridgehead atoms. The van der Waals surface area contributed by atoms with Gasteiger partial charge in [0.25, 0.3) is 0 Å². The Labute approximate surface area is 110 Å². The quantitative estimate of drug-likeness (QED) is 0.550. The van der Waals surface area contributed by atoms with E-state index in [-0.39, 0.29) is 16.8 Å². The van der Waals surface area contributed by atoms with Crippen molar-refractivity contribution in [3.8, 4) is 5.75 Å². The molecular formula is C16H24O2. The molecule has 2 nitrogen and oxygen atoms in total.